The number of fused-ring (bicyclic) bond motifs is 1. The van der Waals surface area contributed by atoms with Crippen molar-refractivity contribution in [2.75, 3.05) is 0 Å². The summed E-state index contributed by atoms with van der Waals surface area (Å²) in [7, 11) is 0. The monoisotopic (exact) mass is 358 g/mol. The van der Waals surface area contributed by atoms with Gasteiger partial charge in [0.05, 0.1) is 16.6 Å². The van der Waals surface area contributed by atoms with Crippen molar-refractivity contribution in [2.45, 2.75) is 0 Å². The highest BCUT2D eigenvalue weighted by Crippen LogP contribution is 2.17. The van der Waals surface area contributed by atoms with Gasteiger partial charge in [-0.15, -0.1) is 0 Å². The summed E-state index contributed by atoms with van der Waals surface area (Å²) in [6.07, 6.45) is 3.46. The average molecular weight is 358 g/mol. The Hall–Kier alpha value is -3.73. The van der Waals surface area contributed by atoms with Crippen LogP contribution >= 0.6 is 0 Å². The van der Waals surface area contributed by atoms with E-state index >= 15 is 0 Å². The van der Waals surface area contributed by atoms with Gasteiger partial charge in [0.2, 0.25) is 0 Å². The topological polar surface area (TPSA) is 55.1 Å². The Balaban J connectivity index is 1.93. The summed E-state index contributed by atoms with van der Waals surface area (Å²) in [5.74, 6) is 0.186. The molecule has 1 heterocycles. The molecule has 0 radical (unpaired) electrons. The third kappa shape index (κ3) is 3.35. The SMILES string of the molecule is O=c1c2ccccc2nc(/C=C/c2cccc(O)c2)n1-c1ccc(F)cc1. The molecule has 0 fully saturated rings. The average Bonchev–Trinajstić information content (AvgIpc) is 2.68. The standard InChI is InChI=1S/C22H15FN2O2/c23-16-9-11-17(12-10-16)25-21(13-8-15-4-3-5-18(26)14-15)24-20-7-2-1-6-19(20)22(25)27/h1-14,26H/b13-8+. The number of hydrogen-bond donors (Lipinski definition) is 1. The summed E-state index contributed by atoms with van der Waals surface area (Å²) in [4.78, 5) is 17.6. The van der Waals surface area contributed by atoms with Gasteiger partial charge in [0, 0.05) is 0 Å². The molecule has 3 aromatic carbocycles. The molecule has 0 atom stereocenters. The number of hydrogen-bond acceptors (Lipinski definition) is 3. The molecule has 5 heteroatoms. The first kappa shape index (κ1) is 16.7. The van der Waals surface area contributed by atoms with Crippen molar-refractivity contribution in [3.05, 3.63) is 100 Å². The van der Waals surface area contributed by atoms with Crippen LogP contribution in [0.3, 0.4) is 0 Å². The van der Waals surface area contributed by atoms with Crippen molar-refractivity contribution < 1.29 is 9.50 Å². The number of aromatic nitrogens is 2. The van der Waals surface area contributed by atoms with Crippen LogP contribution in [0.4, 0.5) is 4.39 Å². The molecule has 0 amide bonds. The Morgan fingerprint density at radius 1 is 0.926 bits per heavy atom. The van der Waals surface area contributed by atoms with E-state index in [2.05, 4.69) is 4.98 Å². The first-order chi connectivity index (χ1) is 13.1. The molecule has 4 rings (SSSR count). The lowest BCUT2D eigenvalue weighted by atomic mass is 10.2. The van der Waals surface area contributed by atoms with Gasteiger partial charge in [-0.1, -0.05) is 30.3 Å². The molecular formula is C22H15FN2O2. The molecule has 1 N–H and O–H groups in total. The van der Waals surface area contributed by atoms with Gasteiger partial charge in [-0.2, -0.15) is 0 Å². The van der Waals surface area contributed by atoms with Crippen molar-refractivity contribution >= 4 is 23.1 Å². The van der Waals surface area contributed by atoms with E-state index in [9.17, 15) is 14.3 Å². The van der Waals surface area contributed by atoms with Gasteiger partial charge in [-0.3, -0.25) is 9.36 Å². The first-order valence-electron chi connectivity index (χ1n) is 8.37. The number of nitrogens with zero attached hydrogens (tertiary/aromatic N) is 2. The molecule has 0 aliphatic rings. The zero-order valence-electron chi connectivity index (χ0n) is 14.2. The van der Waals surface area contributed by atoms with Crippen LogP contribution in [-0.2, 0) is 0 Å². The van der Waals surface area contributed by atoms with Crippen LogP contribution in [0.15, 0.2) is 77.6 Å². The Labute approximate surface area is 154 Å². The fourth-order valence-corrected chi connectivity index (χ4v) is 2.90. The van der Waals surface area contributed by atoms with E-state index in [1.165, 1.54) is 16.7 Å². The fourth-order valence-electron chi connectivity index (χ4n) is 2.90. The summed E-state index contributed by atoms with van der Waals surface area (Å²) in [5.41, 5.74) is 1.64. The molecule has 4 aromatic rings. The van der Waals surface area contributed by atoms with Crippen LogP contribution in [0.1, 0.15) is 11.4 Å². The Kier molecular flexibility index (Phi) is 4.26. The number of phenols is 1. The summed E-state index contributed by atoms with van der Waals surface area (Å²) in [6.45, 7) is 0. The van der Waals surface area contributed by atoms with Crippen LogP contribution in [0.5, 0.6) is 5.75 Å². The Bertz CT molecular complexity index is 1210. The van der Waals surface area contributed by atoms with E-state index in [1.807, 2.05) is 12.1 Å². The van der Waals surface area contributed by atoms with Gasteiger partial charge in [0.15, 0.2) is 0 Å². The van der Waals surface area contributed by atoms with Crippen LogP contribution in [0, 0.1) is 5.82 Å². The van der Waals surface area contributed by atoms with Gasteiger partial charge in [0.1, 0.15) is 17.4 Å². The van der Waals surface area contributed by atoms with Gasteiger partial charge in [-0.05, 0) is 60.2 Å². The van der Waals surface area contributed by atoms with Crippen LogP contribution < -0.4 is 5.56 Å². The second-order valence-corrected chi connectivity index (χ2v) is 6.03. The quantitative estimate of drug-likeness (QED) is 0.590. The third-order valence-electron chi connectivity index (χ3n) is 4.18. The minimum atomic E-state index is -0.377. The second kappa shape index (κ2) is 6.88. The van der Waals surface area contributed by atoms with Gasteiger partial charge in [0.25, 0.3) is 5.56 Å². The zero-order chi connectivity index (χ0) is 18.8. The maximum atomic E-state index is 13.3. The van der Waals surface area contributed by atoms with Crippen molar-refractivity contribution in [3.63, 3.8) is 0 Å². The number of phenolic OH excluding ortho intramolecular Hbond substituents is 1. The molecule has 0 bridgehead atoms. The number of benzene rings is 3. The molecule has 1 aromatic heterocycles. The summed E-state index contributed by atoms with van der Waals surface area (Å²) in [5, 5.41) is 10.1. The highest BCUT2D eigenvalue weighted by Gasteiger charge is 2.11. The second-order valence-electron chi connectivity index (χ2n) is 6.03. The zero-order valence-corrected chi connectivity index (χ0v) is 14.2. The molecule has 0 saturated carbocycles. The molecule has 132 valence electrons. The highest BCUT2D eigenvalue weighted by molar-refractivity contribution is 5.80. The van der Waals surface area contributed by atoms with E-state index in [0.717, 1.165) is 5.56 Å². The number of rotatable bonds is 3. The molecule has 0 aliphatic heterocycles. The van der Waals surface area contributed by atoms with E-state index < -0.39 is 0 Å². The Morgan fingerprint density at radius 2 is 1.70 bits per heavy atom. The van der Waals surface area contributed by atoms with E-state index in [4.69, 9.17) is 0 Å². The van der Waals surface area contributed by atoms with Gasteiger partial charge < -0.3 is 5.11 Å². The molecule has 27 heavy (non-hydrogen) atoms. The predicted molar refractivity (Wildman–Crippen MR) is 104 cm³/mol. The smallest absolute Gasteiger partial charge is 0.266 e. The normalized spacial score (nSPS) is 11.3. The van der Waals surface area contributed by atoms with E-state index in [1.54, 1.807) is 60.7 Å². The molecule has 4 nitrogen and oxygen atoms in total. The minimum Gasteiger partial charge on any atom is -0.508 e. The lowest BCUT2D eigenvalue weighted by molar-refractivity contribution is 0.475. The maximum Gasteiger partial charge on any atom is 0.266 e. The Morgan fingerprint density at radius 3 is 2.48 bits per heavy atom. The van der Waals surface area contributed by atoms with Crippen LogP contribution in [0.25, 0.3) is 28.7 Å². The lowest BCUT2D eigenvalue weighted by Gasteiger charge is -2.11. The summed E-state index contributed by atoms with van der Waals surface area (Å²) in [6, 6.07) is 19.5. The van der Waals surface area contributed by atoms with Gasteiger partial charge in [-0.25, -0.2) is 9.37 Å². The number of aromatic hydroxyl groups is 1. The highest BCUT2D eigenvalue weighted by atomic mass is 19.1. The molecule has 0 saturated heterocycles. The van der Waals surface area contributed by atoms with E-state index in [-0.39, 0.29) is 17.1 Å². The number of halogens is 1. The third-order valence-corrected chi connectivity index (χ3v) is 4.18. The summed E-state index contributed by atoms with van der Waals surface area (Å²) < 4.78 is 14.8. The van der Waals surface area contributed by atoms with Crippen LogP contribution in [-0.4, -0.2) is 14.7 Å². The van der Waals surface area contributed by atoms with Crippen LogP contribution in [0.2, 0.25) is 0 Å². The number of para-hydroxylation sites is 1. The summed E-state index contributed by atoms with van der Waals surface area (Å²) >= 11 is 0. The van der Waals surface area contributed by atoms with E-state index in [0.29, 0.717) is 22.4 Å². The van der Waals surface area contributed by atoms with Crippen molar-refractivity contribution in [1.29, 1.82) is 0 Å². The fraction of sp³-hybridized carbons (Fsp3) is 0. The largest absolute Gasteiger partial charge is 0.508 e. The maximum absolute atomic E-state index is 13.3. The molecular weight excluding hydrogens is 343 g/mol. The first-order valence-corrected chi connectivity index (χ1v) is 8.37. The molecule has 0 aliphatic carbocycles. The van der Waals surface area contributed by atoms with Crippen molar-refractivity contribution in [3.8, 4) is 11.4 Å². The minimum absolute atomic E-state index is 0.152. The van der Waals surface area contributed by atoms with Gasteiger partial charge >= 0.3 is 0 Å². The van der Waals surface area contributed by atoms with Crippen molar-refractivity contribution in [2.24, 2.45) is 0 Å². The molecule has 0 unspecified atom stereocenters. The lowest BCUT2D eigenvalue weighted by Crippen LogP contribution is -2.22. The predicted octanol–water partition coefficient (Wildman–Crippen LogP) is 4.40. The molecule has 0 spiro atoms. The van der Waals surface area contributed by atoms with Crippen molar-refractivity contribution in [1.82, 2.24) is 9.55 Å².